The molecule has 0 amide bonds. The summed E-state index contributed by atoms with van der Waals surface area (Å²) >= 11 is 0. The van der Waals surface area contributed by atoms with Crippen LogP contribution in [-0.4, -0.2) is 16.7 Å². The number of methoxy groups -OCH3 is 1. The van der Waals surface area contributed by atoms with E-state index in [1.807, 2.05) is 41.0 Å². The lowest BCUT2D eigenvalue weighted by atomic mass is 10.1. The molecular formula is C21H21N3O2. The van der Waals surface area contributed by atoms with Crippen LogP contribution in [0.1, 0.15) is 14.3 Å². The van der Waals surface area contributed by atoms with Crippen LogP contribution in [-0.2, 0) is 0 Å². The van der Waals surface area contributed by atoms with E-state index in [1.54, 1.807) is 25.6 Å². The SMILES string of the molecule is COc1cncc2c(=O)cc(NC3=CCCC=C3)n(-c3ccccc3)c12.[HH]. The lowest BCUT2D eigenvalue weighted by Gasteiger charge is -2.20. The van der Waals surface area contributed by atoms with Crippen LogP contribution in [0, 0.1) is 0 Å². The summed E-state index contributed by atoms with van der Waals surface area (Å²) in [4.78, 5) is 16.8. The van der Waals surface area contributed by atoms with Gasteiger partial charge in [-0.25, -0.2) is 0 Å². The van der Waals surface area contributed by atoms with E-state index < -0.39 is 0 Å². The number of para-hydroxylation sites is 1. The standard InChI is InChI=1S/C21H19N3O2.H2/c1-26-19-14-22-13-17-18(25)12-20(23-15-8-4-2-5-9-15)24(21(17)19)16-10-6-3-7-11-16;/h3-4,6-14,23H,2,5H2,1H3;1H. The second kappa shape index (κ2) is 6.88. The Kier molecular flexibility index (Phi) is 4.27. The highest BCUT2D eigenvalue weighted by Crippen LogP contribution is 2.29. The Morgan fingerprint density at radius 1 is 1.19 bits per heavy atom. The number of pyridine rings is 2. The lowest BCUT2D eigenvalue weighted by Crippen LogP contribution is -2.15. The maximum Gasteiger partial charge on any atom is 0.193 e. The first-order chi connectivity index (χ1) is 12.8. The number of hydrogen-bond donors (Lipinski definition) is 1. The highest BCUT2D eigenvalue weighted by molar-refractivity contribution is 5.87. The van der Waals surface area contributed by atoms with Crippen LogP contribution in [0.2, 0.25) is 0 Å². The molecule has 2 heterocycles. The van der Waals surface area contributed by atoms with E-state index in [0.29, 0.717) is 22.5 Å². The Hall–Kier alpha value is -3.34. The van der Waals surface area contributed by atoms with Crippen molar-refractivity contribution in [3.63, 3.8) is 0 Å². The number of benzene rings is 1. The zero-order valence-corrected chi connectivity index (χ0v) is 14.5. The van der Waals surface area contributed by atoms with Gasteiger partial charge in [0.2, 0.25) is 0 Å². The van der Waals surface area contributed by atoms with Crippen LogP contribution in [0.15, 0.2) is 77.5 Å². The molecule has 0 radical (unpaired) electrons. The summed E-state index contributed by atoms with van der Waals surface area (Å²) < 4.78 is 7.51. The average molecular weight is 347 g/mol. The zero-order valence-electron chi connectivity index (χ0n) is 14.5. The molecule has 132 valence electrons. The number of fused-ring (bicyclic) bond motifs is 1. The Morgan fingerprint density at radius 3 is 2.77 bits per heavy atom. The second-order valence-corrected chi connectivity index (χ2v) is 6.07. The molecule has 2 aromatic heterocycles. The van der Waals surface area contributed by atoms with Crippen molar-refractivity contribution in [2.24, 2.45) is 0 Å². The highest BCUT2D eigenvalue weighted by atomic mass is 16.5. The largest absolute Gasteiger partial charge is 0.493 e. The topological polar surface area (TPSA) is 56.1 Å². The molecule has 0 spiro atoms. The summed E-state index contributed by atoms with van der Waals surface area (Å²) in [6.07, 6.45) is 11.5. The number of ether oxygens (including phenoxy) is 1. The van der Waals surface area contributed by atoms with Gasteiger partial charge in [0.25, 0.3) is 0 Å². The molecule has 4 rings (SSSR count). The fraction of sp³-hybridized carbons (Fsp3) is 0.143. The molecule has 5 nitrogen and oxygen atoms in total. The summed E-state index contributed by atoms with van der Waals surface area (Å²) in [5.74, 6) is 1.25. The van der Waals surface area contributed by atoms with E-state index in [4.69, 9.17) is 4.74 Å². The Balaban J connectivity index is 0.00000210. The zero-order chi connectivity index (χ0) is 17.9. The lowest BCUT2D eigenvalue weighted by molar-refractivity contribution is 0.416. The van der Waals surface area contributed by atoms with Crippen molar-refractivity contribution in [1.82, 2.24) is 9.55 Å². The monoisotopic (exact) mass is 347 g/mol. The van der Waals surface area contributed by atoms with E-state index in [2.05, 4.69) is 22.5 Å². The van der Waals surface area contributed by atoms with Crippen molar-refractivity contribution in [2.75, 3.05) is 12.4 Å². The van der Waals surface area contributed by atoms with Gasteiger partial charge in [-0.05, 0) is 31.1 Å². The number of rotatable bonds is 4. The molecule has 1 aliphatic carbocycles. The van der Waals surface area contributed by atoms with E-state index in [0.717, 1.165) is 24.2 Å². The fourth-order valence-electron chi connectivity index (χ4n) is 3.17. The number of anilines is 1. The third-order valence-corrected chi connectivity index (χ3v) is 4.38. The fourth-order valence-corrected chi connectivity index (χ4v) is 3.17. The first-order valence-electron chi connectivity index (χ1n) is 8.55. The van der Waals surface area contributed by atoms with Gasteiger partial charge in [-0.1, -0.05) is 30.4 Å². The Morgan fingerprint density at radius 2 is 2.04 bits per heavy atom. The van der Waals surface area contributed by atoms with Gasteiger partial charge in [0.15, 0.2) is 11.2 Å². The maximum absolute atomic E-state index is 12.7. The summed E-state index contributed by atoms with van der Waals surface area (Å²) in [5, 5.41) is 3.91. The number of nitrogens with zero attached hydrogens (tertiary/aromatic N) is 2. The average Bonchev–Trinajstić information content (AvgIpc) is 2.69. The van der Waals surface area contributed by atoms with Gasteiger partial charge in [-0.15, -0.1) is 0 Å². The Labute approximate surface area is 152 Å². The normalized spacial score (nSPS) is 13.5. The minimum absolute atomic E-state index is 0. The smallest absolute Gasteiger partial charge is 0.193 e. The summed E-state index contributed by atoms with van der Waals surface area (Å²) in [7, 11) is 1.59. The number of hydrogen-bond acceptors (Lipinski definition) is 4. The van der Waals surface area contributed by atoms with Crippen molar-refractivity contribution in [1.29, 1.82) is 0 Å². The second-order valence-electron chi connectivity index (χ2n) is 6.07. The van der Waals surface area contributed by atoms with E-state index in [-0.39, 0.29) is 6.86 Å². The van der Waals surface area contributed by atoms with Crippen LogP contribution < -0.4 is 15.5 Å². The molecule has 26 heavy (non-hydrogen) atoms. The molecule has 0 saturated carbocycles. The van der Waals surface area contributed by atoms with Gasteiger partial charge < -0.3 is 10.1 Å². The maximum atomic E-state index is 12.7. The summed E-state index contributed by atoms with van der Waals surface area (Å²) in [5.41, 5.74) is 2.52. The number of allylic oxidation sites excluding steroid dienone is 3. The molecule has 0 fully saturated rings. The predicted molar refractivity (Wildman–Crippen MR) is 106 cm³/mol. The van der Waals surface area contributed by atoms with Crippen LogP contribution >= 0.6 is 0 Å². The van der Waals surface area contributed by atoms with E-state index in [9.17, 15) is 4.79 Å². The summed E-state index contributed by atoms with van der Waals surface area (Å²) in [6, 6.07) is 11.5. The van der Waals surface area contributed by atoms with Crippen molar-refractivity contribution in [3.05, 3.63) is 82.9 Å². The minimum atomic E-state index is -0.0959. The molecule has 0 bridgehead atoms. The molecular weight excluding hydrogens is 326 g/mol. The van der Waals surface area contributed by atoms with Gasteiger partial charge in [0.05, 0.1) is 18.7 Å². The molecule has 1 N–H and O–H groups in total. The highest BCUT2D eigenvalue weighted by Gasteiger charge is 2.16. The van der Waals surface area contributed by atoms with Gasteiger partial charge in [-0.3, -0.25) is 14.3 Å². The van der Waals surface area contributed by atoms with Crippen LogP contribution in [0.5, 0.6) is 5.75 Å². The van der Waals surface area contributed by atoms with Crippen molar-refractivity contribution in [2.45, 2.75) is 12.8 Å². The van der Waals surface area contributed by atoms with Gasteiger partial charge >= 0.3 is 0 Å². The molecule has 0 unspecified atom stereocenters. The number of nitrogens with one attached hydrogen (secondary N) is 1. The van der Waals surface area contributed by atoms with Gasteiger partial charge in [-0.2, -0.15) is 0 Å². The van der Waals surface area contributed by atoms with E-state index in [1.165, 1.54) is 0 Å². The molecule has 0 aliphatic heterocycles. The number of aromatic nitrogens is 2. The predicted octanol–water partition coefficient (Wildman–Crippen LogP) is 4.29. The Bertz CT molecular complexity index is 1070. The first-order valence-corrected chi connectivity index (χ1v) is 8.55. The third kappa shape index (κ3) is 2.88. The van der Waals surface area contributed by atoms with E-state index >= 15 is 0 Å². The van der Waals surface area contributed by atoms with Crippen LogP contribution in [0.4, 0.5) is 5.82 Å². The van der Waals surface area contributed by atoms with Crippen molar-refractivity contribution < 1.29 is 6.16 Å². The van der Waals surface area contributed by atoms with Crippen LogP contribution in [0.25, 0.3) is 16.6 Å². The summed E-state index contributed by atoms with van der Waals surface area (Å²) in [6.45, 7) is 0. The van der Waals surface area contributed by atoms with Gasteiger partial charge in [0, 0.05) is 25.1 Å². The molecule has 3 aromatic rings. The quantitative estimate of drug-likeness (QED) is 0.765. The molecule has 0 saturated heterocycles. The minimum Gasteiger partial charge on any atom is -0.493 e. The molecule has 1 aliphatic rings. The van der Waals surface area contributed by atoms with Crippen LogP contribution in [0.3, 0.4) is 0 Å². The third-order valence-electron chi connectivity index (χ3n) is 4.38. The van der Waals surface area contributed by atoms with Crippen molar-refractivity contribution in [3.8, 4) is 11.4 Å². The van der Waals surface area contributed by atoms with Crippen molar-refractivity contribution >= 4 is 16.7 Å². The molecule has 1 aromatic carbocycles. The first kappa shape index (κ1) is 16.1. The molecule has 0 atom stereocenters. The van der Waals surface area contributed by atoms with Gasteiger partial charge in [0.1, 0.15) is 11.3 Å². The molecule has 5 heteroatoms.